The molecular weight excluding hydrogens is 326 g/mol. The van der Waals surface area contributed by atoms with Gasteiger partial charge in [-0.2, -0.15) is 4.98 Å². The van der Waals surface area contributed by atoms with Gasteiger partial charge in [-0.05, 0) is 12.1 Å². The number of nitrogens with two attached hydrogens (primary N) is 1. The van der Waals surface area contributed by atoms with Crippen LogP contribution < -0.4 is 16.6 Å². The molecule has 0 saturated carbocycles. The number of anilines is 3. The van der Waals surface area contributed by atoms with Gasteiger partial charge in [0.05, 0.1) is 20.7 Å². The SMILES string of the molecule is NNc1ncc([N+](=O)[O-])c(Nc2c(Cl)cc(F)cc2Cl)n1. The number of halogens is 3. The molecule has 0 atom stereocenters. The van der Waals surface area contributed by atoms with Gasteiger partial charge in [0.1, 0.15) is 12.0 Å². The Labute approximate surface area is 127 Å². The Morgan fingerprint density at radius 2 is 1.95 bits per heavy atom. The molecule has 0 amide bonds. The summed E-state index contributed by atoms with van der Waals surface area (Å²) < 4.78 is 13.1. The second-order valence-electron chi connectivity index (χ2n) is 3.70. The molecule has 0 saturated heterocycles. The van der Waals surface area contributed by atoms with Crippen molar-refractivity contribution in [2.75, 3.05) is 10.7 Å². The molecule has 0 radical (unpaired) electrons. The maximum Gasteiger partial charge on any atom is 0.329 e. The van der Waals surface area contributed by atoms with Crippen LogP contribution >= 0.6 is 23.2 Å². The average molecular weight is 333 g/mol. The minimum absolute atomic E-state index is 0.0579. The molecule has 110 valence electrons. The van der Waals surface area contributed by atoms with E-state index in [9.17, 15) is 14.5 Å². The predicted octanol–water partition coefficient (Wildman–Crippen LogP) is 2.86. The average Bonchev–Trinajstić information content (AvgIpc) is 2.42. The van der Waals surface area contributed by atoms with Gasteiger partial charge in [-0.1, -0.05) is 23.2 Å². The maximum atomic E-state index is 13.1. The lowest BCUT2D eigenvalue weighted by molar-refractivity contribution is -0.384. The summed E-state index contributed by atoms with van der Waals surface area (Å²) in [6.07, 6.45) is 0.954. The Hall–Kier alpha value is -2.23. The van der Waals surface area contributed by atoms with Crippen molar-refractivity contribution in [3.63, 3.8) is 0 Å². The number of hydrazine groups is 1. The molecule has 0 fully saturated rings. The topological polar surface area (TPSA) is 119 Å². The summed E-state index contributed by atoms with van der Waals surface area (Å²) in [6, 6.07) is 2.01. The lowest BCUT2D eigenvalue weighted by atomic mass is 10.3. The van der Waals surface area contributed by atoms with Crippen LogP contribution in [0.1, 0.15) is 0 Å². The van der Waals surface area contributed by atoms with Crippen molar-refractivity contribution >= 4 is 46.3 Å². The Bertz CT molecular complexity index is 691. The molecule has 1 heterocycles. The van der Waals surface area contributed by atoms with E-state index in [1.165, 1.54) is 0 Å². The third-order valence-electron chi connectivity index (χ3n) is 2.35. The Kier molecular flexibility index (Phi) is 4.36. The number of rotatable bonds is 4. The molecule has 0 aliphatic heterocycles. The molecule has 0 spiro atoms. The van der Waals surface area contributed by atoms with Gasteiger partial charge in [-0.15, -0.1) is 0 Å². The number of nitrogens with zero attached hydrogens (tertiary/aromatic N) is 3. The summed E-state index contributed by atoms with van der Waals surface area (Å²) in [7, 11) is 0. The van der Waals surface area contributed by atoms with E-state index in [-0.39, 0.29) is 27.5 Å². The first-order valence-corrected chi connectivity index (χ1v) is 6.07. The van der Waals surface area contributed by atoms with Gasteiger partial charge in [0, 0.05) is 0 Å². The van der Waals surface area contributed by atoms with E-state index in [0.717, 1.165) is 18.3 Å². The van der Waals surface area contributed by atoms with Crippen molar-refractivity contribution in [3.8, 4) is 0 Å². The van der Waals surface area contributed by atoms with Crippen molar-refractivity contribution in [2.24, 2.45) is 5.84 Å². The summed E-state index contributed by atoms with van der Waals surface area (Å²) in [5.41, 5.74) is 1.79. The largest absolute Gasteiger partial charge is 0.332 e. The van der Waals surface area contributed by atoms with Crippen LogP contribution in [0, 0.1) is 15.9 Å². The highest BCUT2D eigenvalue weighted by molar-refractivity contribution is 6.39. The number of nitrogen functional groups attached to an aromatic ring is 1. The highest BCUT2D eigenvalue weighted by atomic mass is 35.5. The summed E-state index contributed by atoms with van der Waals surface area (Å²) in [6.45, 7) is 0. The number of aromatic nitrogens is 2. The summed E-state index contributed by atoms with van der Waals surface area (Å²) in [5, 5.41) is 13.4. The Balaban J connectivity index is 2.50. The van der Waals surface area contributed by atoms with E-state index in [1.807, 2.05) is 0 Å². The van der Waals surface area contributed by atoms with E-state index in [0.29, 0.717) is 0 Å². The molecular formula is C10H7Cl2FN6O2. The molecule has 1 aromatic heterocycles. The first-order chi connectivity index (χ1) is 9.92. The predicted molar refractivity (Wildman–Crippen MR) is 76.2 cm³/mol. The van der Waals surface area contributed by atoms with Gasteiger partial charge in [0.25, 0.3) is 0 Å². The van der Waals surface area contributed by atoms with Gasteiger partial charge in [0.15, 0.2) is 0 Å². The Morgan fingerprint density at radius 1 is 1.33 bits per heavy atom. The molecule has 0 aliphatic rings. The quantitative estimate of drug-likeness (QED) is 0.447. The van der Waals surface area contributed by atoms with E-state index in [2.05, 4.69) is 20.7 Å². The Morgan fingerprint density at radius 3 is 2.48 bits per heavy atom. The molecule has 8 nitrogen and oxygen atoms in total. The van der Waals surface area contributed by atoms with Crippen LogP contribution in [0.5, 0.6) is 0 Å². The van der Waals surface area contributed by atoms with Crippen molar-refractivity contribution in [1.82, 2.24) is 9.97 Å². The van der Waals surface area contributed by atoms with Crippen molar-refractivity contribution in [3.05, 3.63) is 44.3 Å². The standard InChI is InChI=1S/C10H7Cl2FN6O2/c11-5-1-4(13)2-6(12)8(5)16-9-7(19(20)21)3-15-10(17-9)18-14/h1-3H,14H2,(H2,15,16,17,18). The van der Waals surface area contributed by atoms with Crippen LogP contribution in [0.15, 0.2) is 18.3 Å². The molecule has 2 aromatic rings. The van der Waals surface area contributed by atoms with E-state index in [4.69, 9.17) is 29.0 Å². The highest BCUT2D eigenvalue weighted by Gasteiger charge is 2.19. The molecule has 0 bridgehead atoms. The fraction of sp³-hybridized carbons (Fsp3) is 0. The normalized spacial score (nSPS) is 10.3. The molecule has 11 heteroatoms. The zero-order chi connectivity index (χ0) is 15.6. The van der Waals surface area contributed by atoms with Crippen LogP contribution in [0.2, 0.25) is 10.0 Å². The van der Waals surface area contributed by atoms with Crippen molar-refractivity contribution in [2.45, 2.75) is 0 Å². The lowest BCUT2D eigenvalue weighted by Gasteiger charge is -2.10. The molecule has 4 N–H and O–H groups in total. The molecule has 21 heavy (non-hydrogen) atoms. The van der Waals surface area contributed by atoms with Crippen LogP contribution in [0.4, 0.5) is 27.5 Å². The minimum atomic E-state index is -0.700. The first kappa shape index (κ1) is 15.2. The van der Waals surface area contributed by atoms with Gasteiger partial charge in [0.2, 0.25) is 11.8 Å². The van der Waals surface area contributed by atoms with Gasteiger partial charge >= 0.3 is 5.69 Å². The second kappa shape index (κ2) is 6.04. The first-order valence-electron chi connectivity index (χ1n) is 5.32. The number of benzene rings is 1. The molecule has 1 aromatic carbocycles. The smallest absolute Gasteiger partial charge is 0.329 e. The van der Waals surface area contributed by atoms with Crippen LogP contribution in [-0.4, -0.2) is 14.9 Å². The second-order valence-corrected chi connectivity index (χ2v) is 4.51. The van der Waals surface area contributed by atoms with Crippen LogP contribution in [0.25, 0.3) is 0 Å². The fourth-order valence-corrected chi connectivity index (χ4v) is 2.01. The van der Waals surface area contributed by atoms with Crippen LogP contribution in [-0.2, 0) is 0 Å². The molecule has 2 rings (SSSR count). The van der Waals surface area contributed by atoms with Gasteiger partial charge in [-0.25, -0.2) is 15.2 Å². The lowest BCUT2D eigenvalue weighted by Crippen LogP contribution is -2.12. The molecule has 0 aliphatic carbocycles. The fourth-order valence-electron chi connectivity index (χ4n) is 1.45. The van der Waals surface area contributed by atoms with Crippen molar-refractivity contribution in [1.29, 1.82) is 0 Å². The zero-order valence-corrected chi connectivity index (χ0v) is 11.6. The third kappa shape index (κ3) is 3.27. The zero-order valence-electron chi connectivity index (χ0n) is 10.1. The minimum Gasteiger partial charge on any atom is -0.332 e. The maximum absolute atomic E-state index is 13.1. The number of hydrogen-bond acceptors (Lipinski definition) is 7. The summed E-state index contributed by atoms with van der Waals surface area (Å²) in [4.78, 5) is 17.7. The third-order valence-corrected chi connectivity index (χ3v) is 2.94. The number of hydrogen-bond donors (Lipinski definition) is 3. The van der Waals surface area contributed by atoms with Crippen molar-refractivity contribution < 1.29 is 9.31 Å². The highest BCUT2D eigenvalue weighted by Crippen LogP contribution is 2.35. The van der Waals surface area contributed by atoms with E-state index < -0.39 is 16.4 Å². The van der Waals surface area contributed by atoms with Gasteiger partial charge in [-0.3, -0.25) is 15.5 Å². The number of nitro groups is 1. The monoisotopic (exact) mass is 332 g/mol. The van der Waals surface area contributed by atoms with E-state index in [1.54, 1.807) is 0 Å². The van der Waals surface area contributed by atoms with E-state index >= 15 is 0 Å². The van der Waals surface area contributed by atoms with Crippen LogP contribution in [0.3, 0.4) is 0 Å². The summed E-state index contributed by atoms with van der Waals surface area (Å²) in [5.74, 6) is 4.25. The summed E-state index contributed by atoms with van der Waals surface area (Å²) >= 11 is 11.7. The number of nitrogens with one attached hydrogen (secondary N) is 2. The van der Waals surface area contributed by atoms with Gasteiger partial charge < -0.3 is 5.32 Å². The molecule has 0 unspecified atom stereocenters.